The summed E-state index contributed by atoms with van der Waals surface area (Å²) in [5.41, 5.74) is 3.81. The second-order valence-electron chi connectivity index (χ2n) is 6.13. The SMILES string of the molecule is O=C(NCc1ccco1)c1ccc(-c2cc(-c3ccc(Cl)cc3Cl)[nH]n2)cc1. The van der Waals surface area contributed by atoms with Crippen LogP contribution in [0.1, 0.15) is 16.1 Å². The second kappa shape index (κ2) is 7.92. The summed E-state index contributed by atoms with van der Waals surface area (Å²) in [6, 6.07) is 18.0. The van der Waals surface area contributed by atoms with E-state index < -0.39 is 0 Å². The third-order valence-electron chi connectivity index (χ3n) is 4.25. The average molecular weight is 412 g/mol. The molecule has 2 heterocycles. The zero-order chi connectivity index (χ0) is 19.5. The molecule has 1 amide bonds. The molecule has 0 atom stereocenters. The van der Waals surface area contributed by atoms with Crippen LogP contribution in [0.15, 0.2) is 71.3 Å². The Morgan fingerprint density at radius 2 is 1.89 bits per heavy atom. The highest BCUT2D eigenvalue weighted by Gasteiger charge is 2.11. The fourth-order valence-electron chi connectivity index (χ4n) is 2.79. The van der Waals surface area contributed by atoms with Crippen LogP contribution in [0.25, 0.3) is 22.5 Å². The molecular formula is C21H15Cl2N3O2. The number of carbonyl (C=O) groups is 1. The van der Waals surface area contributed by atoms with Gasteiger partial charge in [-0.1, -0.05) is 35.3 Å². The number of nitrogens with zero attached hydrogens (tertiary/aromatic N) is 1. The zero-order valence-corrected chi connectivity index (χ0v) is 16.1. The number of hydrogen-bond acceptors (Lipinski definition) is 3. The van der Waals surface area contributed by atoms with Crippen molar-refractivity contribution in [1.29, 1.82) is 0 Å². The number of halogens is 2. The van der Waals surface area contributed by atoms with Gasteiger partial charge >= 0.3 is 0 Å². The lowest BCUT2D eigenvalue weighted by molar-refractivity contribution is 0.0948. The first-order valence-corrected chi connectivity index (χ1v) is 9.27. The molecule has 0 aliphatic heterocycles. The van der Waals surface area contributed by atoms with Crippen molar-refractivity contribution in [1.82, 2.24) is 15.5 Å². The van der Waals surface area contributed by atoms with Crippen LogP contribution < -0.4 is 5.32 Å². The van der Waals surface area contributed by atoms with Crippen molar-refractivity contribution in [2.45, 2.75) is 6.54 Å². The van der Waals surface area contributed by atoms with Crippen molar-refractivity contribution in [2.75, 3.05) is 0 Å². The number of carbonyl (C=O) groups excluding carboxylic acids is 1. The van der Waals surface area contributed by atoms with Gasteiger partial charge in [0.2, 0.25) is 0 Å². The van der Waals surface area contributed by atoms with E-state index in [0.717, 1.165) is 22.5 Å². The Morgan fingerprint density at radius 3 is 2.61 bits per heavy atom. The molecule has 0 unspecified atom stereocenters. The minimum atomic E-state index is -0.168. The molecule has 0 spiro atoms. The van der Waals surface area contributed by atoms with E-state index in [0.29, 0.717) is 27.9 Å². The fraction of sp³-hybridized carbons (Fsp3) is 0.0476. The number of benzene rings is 2. The molecule has 0 saturated heterocycles. The predicted octanol–water partition coefficient (Wildman–Crippen LogP) is 5.57. The summed E-state index contributed by atoms with van der Waals surface area (Å²) in [7, 11) is 0. The molecule has 0 aliphatic carbocycles. The molecule has 2 N–H and O–H groups in total. The van der Waals surface area contributed by atoms with Crippen LogP contribution in [0.3, 0.4) is 0 Å². The molecule has 4 rings (SSSR count). The van der Waals surface area contributed by atoms with Crippen molar-refractivity contribution < 1.29 is 9.21 Å². The van der Waals surface area contributed by atoms with E-state index in [9.17, 15) is 4.79 Å². The van der Waals surface area contributed by atoms with Crippen molar-refractivity contribution in [3.8, 4) is 22.5 Å². The van der Waals surface area contributed by atoms with Crippen molar-refractivity contribution in [3.05, 3.63) is 88.3 Å². The first kappa shape index (κ1) is 18.3. The lowest BCUT2D eigenvalue weighted by Gasteiger charge is -2.04. The number of H-pyrrole nitrogens is 1. The van der Waals surface area contributed by atoms with Gasteiger partial charge in [0.25, 0.3) is 5.91 Å². The number of rotatable bonds is 5. The van der Waals surface area contributed by atoms with Gasteiger partial charge < -0.3 is 9.73 Å². The Labute approximate surface area is 171 Å². The van der Waals surface area contributed by atoms with E-state index in [-0.39, 0.29) is 5.91 Å². The van der Waals surface area contributed by atoms with Crippen molar-refractivity contribution >= 4 is 29.1 Å². The minimum absolute atomic E-state index is 0.168. The lowest BCUT2D eigenvalue weighted by Crippen LogP contribution is -2.22. The molecule has 28 heavy (non-hydrogen) atoms. The highest BCUT2D eigenvalue weighted by molar-refractivity contribution is 6.36. The van der Waals surface area contributed by atoms with Crippen LogP contribution in [-0.4, -0.2) is 16.1 Å². The monoisotopic (exact) mass is 411 g/mol. The summed E-state index contributed by atoms with van der Waals surface area (Å²) in [5.74, 6) is 0.536. The van der Waals surface area contributed by atoms with Crippen LogP contribution in [0.5, 0.6) is 0 Å². The van der Waals surface area contributed by atoms with Gasteiger partial charge in [-0.25, -0.2) is 0 Å². The van der Waals surface area contributed by atoms with E-state index in [2.05, 4.69) is 15.5 Å². The van der Waals surface area contributed by atoms with Crippen LogP contribution in [0, 0.1) is 0 Å². The van der Waals surface area contributed by atoms with Gasteiger partial charge in [-0.3, -0.25) is 9.89 Å². The first-order chi connectivity index (χ1) is 13.6. The normalized spacial score (nSPS) is 10.8. The first-order valence-electron chi connectivity index (χ1n) is 8.52. The van der Waals surface area contributed by atoms with Gasteiger partial charge in [-0.2, -0.15) is 5.10 Å². The highest BCUT2D eigenvalue weighted by atomic mass is 35.5. The minimum Gasteiger partial charge on any atom is -0.467 e. The van der Waals surface area contributed by atoms with Crippen LogP contribution >= 0.6 is 23.2 Å². The molecule has 140 valence electrons. The summed E-state index contributed by atoms with van der Waals surface area (Å²) < 4.78 is 5.21. The summed E-state index contributed by atoms with van der Waals surface area (Å²) in [6.07, 6.45) is 1.58. The Bertz CT molecular complexity index is 1100. The standard InChI is InChI=1S/C21H15Cl2N3O2/c22-15-7-8-17(18(23)10-15)20-11-19(25-26-20)13-3-5-14(6-4-13)21(27)24-12-16-2-1-9-28-16/h1-11H,12H2,(H,24,27)(H,25,26). The molecule has 5 nitrogen and oxygen atoms in total. The van der Waals surface area contributed by atoms with E-state index in [1.54, 1.807) is 36.6 Å². The molecule has 4 aromatic rings. The number of nitrogens with one attached hydrogen (secondary N) is 2. The quantitative estimate of drug-likeness (QED) is 0.450. The Hall–Kier alpha value is -3.02. The number of aromatic nitrogens is 2. The van der Waals surface area contributed by atoms with Gasteiger partial charge in [0.05, 0.1) is 29.2 Å². The van der Waals surface area contributed by atoms with Gasteiger partial charge in [0, 0.05) is 21.7 Å². The summed E-state index contributed by atoms with van der Waals surface area (Å²) in [6.45, 7) is 0.345. The van der Waals surface area contributed by atoms with Gasteiger partial charge in [0.15, 0.2) is 0 Å². The maximum atomic E-state index is 12.2. The van der Waals surface area contributed by atoms with E-state index >= 15 is 0 Å². The predicted molar refractivity (Wildman–Crippen MR) is 109 cm³/mol. The fourth-order valence-corrected chi connectivity index (χ4v) is 3.30. The topological polar surface area (TPSA) is 70.9 Å². The molecule has 0 saturated carbocycles. The summed E-state index contributed by atoms with van der Waals surface area (Å²) in [5, 5.41) is 11.3. The molecule has 7 heteroatoms. The molecule has 2 aromatic heterocycles. The maximum Gasteiger partial charge on any atom is 0.251 e. The smallest absolute Gasteiger partial charge is 0.251 e. The third kappa shape index (κ3) is 3.96. The third-order valence-corrected chi connectivity index (χ3v) is 4.79. The number of aromatic amines is 1. The largest absolute Gasteiger partial charge is 0.467 e. The summed E-state index contributed by atoms with van der Waals surface area (Å²) in [4.78, 5) is 12.2. The highest BCUT2D eigenvalue weighted by Crippen LogP contribution is 2.31. The van der Waals surface area contributed by atoms with Crippen LogP contribution in [0.2, 0.25) is 10.0 Å². The maximum absolute atomic E-state index is 12.2. The Morgan fingerprint density at radius 1 is 1.07 bits per heavy atom. The van der Waals surface area contributed by atoms with Crippen LogP contribution in [-0.2, 0) is 6.54 Å². The molecule has 0 aliphatic rings. The molecular weight excluding hydrogens is 397 g/mol. The molecule has 2 aromatic carbocycles. The number of furan rings is 1. The number of amides is 1. The number of hydrogen-bond donors (Lipinski definition) is 2. The van der Waals surface area contributed by atoms with E-state index in [4.69, 9.17) is 27.6 Å². The van der Waals surface area contributed by atoms with E-state index in [1.807, 2.05) is 30.3 Å². The van der Waals surface area contributed by atoms with Gasteiger partial charge in [-0.15, -0.1) is 0 Å². The van der Waals surface area contributed by atoms with Gasteiger partial charge in [-0.05, 0) is 48.5 Å². The zero-order valence-electron chi connectivity index (χ0n) is 14.6. The second-order valence-corrected chi connectivity index (χ2v) is 6.97. The Balaban J connectivity index is 1.48. The Kier molecular flexibility index (Phi) is 5.19. The van der Waals surface area contributed by atoms with E-state index in [1.165, 1.54) is 0 Å². The molecule has 0 fully saturated rings. The molecule has 0 radical (unpaired) electrons. The van der Waals surface area contributed by atoms with Crippen LogP contribution in [0.4, 0.5) is 0 Å². The molecule has 0 bridgehead atoms. The van der Waals surface area contributed by atoms with Crippen molar-refractivity contribution in [3.63, 3.8) is 0 Å². The lowest BCUT2D eigenvalue weighted by atomic mass is 10.1. The summed E-state index contributed by atoms with van der Waals surface area (Å²) >= 11 is 12.2. The van der Waals surface area contributed by atoms with Gasteiger partial charge in [0.1, 0.15) is 5.76 Å². The average Bonchev–Trinajstić information content (AvgIpc) is 3.38. The van der Waals surface area contributed by atoms with Crippen molar-refractivity contribution in [2.24, 2.45) is 0 Å².